The quantitative estimate of drug-likeness (QED) is 0.482. The van der Waals surface area contributed by atoms with E-state index in [4.69, 9.17) is 16.3 Å². The van der Waals surface area contributed by atoms with Gasteiger partial charge in [0.25, 0.3) is 0 Å². The van der Waals surface area contributed by atoms with Crippen LogP contribution in [0.25, 0.3) is 5.76 Å². The van der Waals surface area contributed by atoms with E-state index in [0.717, 1.165) is 18.9 Å². The number of benzene rings is 1. The van der Waals surface area contributed by atoms with Gasteiger partial charge in [0.05, 0.1) is 12.2 Å². The Bertz CT molecular complexity index is 452. The number of aliphatic hydroxyl groups is 1. The smallest absolute Gasteiger partial charge is 0.156 e. The highest BCUT2D eigenvalue weighted by Gasteiger charge is 2.09. The summed E-state index contributed by atoms with van der Waals surface area (Å²) in [4.78, 5) is 11.0. The molecule has 0 aliphatic heterocycles. The Kier molecular flexibility index (Phi) is 5.72. The van der Waals surface area contributed by atoms with Gasteiger partial charge in [0.1, 0.15) is 11.5 Å². The highest BCUT2D eigenvalue weighted by Crippen LogP contribution is 2.28. The van der Waals surface area contributed by atoms with Gasteiger partial charge in [0.2, 0.25) is 0 Å². The fourth-order valence-corrected chi connectivity index (χ4v) is 1.60. The molecule has 0 aliphatic carbocycles. The predicted molar refractivity (Wildman–Crippen MR) is 73.1 cm³/mol. The predicted octanol–water partition coefficient (Wildman–Crippen LogP) is 4.01. The van der Waals surface area contributed by atoms with Gasteiger partial charge in [-0.25, -0.2) is 0 Å². The maximum Gasteiger partial charge on any atom is 0.156 e. The van der Waals surface area contributed by atoms with E-state index in [0.29, 0.717) is 22.9 Å². The zero-order valence-corrected chi connectivity index (χ0v) is 11.3. The number of unbranched alkanes of at least 4 members (excludes halogenated alkanes) is 1. The van der Waals surface area contributed by atoms with Gasteiger partial charge in [-0.05, 0) is 31.5 Å². The van der Waals surface area contributed by atoms with Gasteiger partial charge in [-0.15, -0.1) is 0 Å². The molecule has 0 unspecified atom stereocenters. The molecule has 0 heterocycles. The molecule has 0 aromatic heterocycles. The summed E-state index contributed by atoms with van der Waals surface area (Å²) >= 11 is 5.88. The van der Waals surface area contributed by atoms with Gasteiger partial charge in [-0.3, -0.25) is 4.79 Å². The molecule has 0 fully saturated rings. The molecule has 0 saturated carbocycles. The van der Waals surface area contributed by atoms with Crippen LogP contribution in [0.5, 0.6) is 5.75 Å². The molecule has 0 bridgehead atoms. The zero-order valence-electron chi connectivity index (χ0n) is 10.6. The molecule has 1 rings (SSSR count). The highest BCUT2D eigenvalue weighted by atomic mass is 35.5. The van der Waals surface area contributed by atoms with Crippen LogP contribution in [0.15, 0.2) is 24.3 Å². The van der Waals surface area contributed by atoms with Crippen LogP contribution in [0, 0.1) is 0 Å². The summed E-state index contributed by atoms with van der Waals surface area (Å²) in [6.45, 7) is 4.01. The standard InChI is InChI=1S/C14H17ClO3/c1-3-4-7-18-14-6-5-11(15)9-12(14)13(17)8-10(2)16/h5-6,8-9,17H,3-4,7H2,1-2H3. The summed E-state index contributed by atoms with van der Waals surface area (Å²) in [5, 5.41) is 10.3. The minimum absolute atomic E-state index is 0.128. The van der Waals surface area contributed by atoms with Crippen LogP contribution in [0.2, 0.25) is 5.02 Å². The van der Waals surface area contributed by atoms with E-state index in [9.17, 15) is 9.90 Å². The molecule has 0 amide bonds. The summed E-state index contributed by atoms with van der Waals surface area (Å²) in [7, 11) is 0. The summed E-state index contributed by atoms with van der Waals surface area (Å²) in [5.41, 5.74) is 0.439. The molecule has 0 spiro atoms. The van der Waals surface area contributed by atoms with Crippen LogP contribution in [-0.4, -0.2) is 17.5 Å². The van der Waals surface area contributed by atoms with Crippen molar-refractivity contribution in [1.82, 2.24) is 0 Å². The maximum absolute atomic E-state index is 11.0. The topological polar surface area (TPSA) is 46.5 Å². The number of halogens is 1. The SMILES string of the molecule is CCCCOc1ccc(Cl)cc1C(O)=CC(C)=O. The van der Waals surface area contributed by atoms with Crippen molar-refractivity contribution >= 4 is 23.1 Å². The fraction of sp³-hybridized carbons (Fsp3) is 0.357. The highest BCUT2D eigenvalue weighted by molar-refractivity contribution is 6.30. The van der Waals surface area contributed by atoms with Crippen LogP contribution >= 0.6 is 11.6 Å². The lowest BCUT2D eigenvalue weighted by Gasteiger charge is -2.11. The third-order valence-corrected chi connectivity index (χ3v) is 2.55. The second-order valence-electron chi connectivity index (χ2n) is 3.98. The third-order valence-electron chi connectivity index (χ3n) is 2.31. The fourth-order valence-electron chi connectivity index (χ4n) is 1.42. The minimum atomic E-state index is -0.230. The number of ether oxygens (including phenoxy) is 1. The number of hydrogen-bond donors (Lipinski definition) is 1. The van der Waals surface area contributed by atoms with Crippen molar-refractivity contribution in [1.29, 1.82) is 0 Å². The molecular weight excluding hydrogens is 252 g/mol. The first-order valence-corrected chi connectivity index (χ1v) is 6.26. The maximum atomic E-state index is 11.0. The number of carbonyl (C=O) groups is 1. The number of aliphatic hydroxyl groups excluding tert-OH is 1. The van der Waals surface area contributed by atoms with Crippen molar-refractivity contribution < 1.29 is 14.6 Å². The normalized spacial score (nSPS) is 11.4. The average molecular weight is 269 g/mol. The van der Waals surface area contributed by atoms with E-state index in [2.05, 4.69) is 6.92 Å². The molecule has 98 valence electrons. The molecule has 4 heteroatoms. The monoisotopic (exact) mass is 268 g/mol. The first-order valence-electron chi connectivity index (χ1n) is 5.88. The first kappa shape index (κ1) is 14.6. The van der Waals surface area contributed by atoms with E-state index in [-0.39, 0.29) is 11.5 Å². The number of allylic oxidation sites excluding steroid dienone is 1. The van der Waals surface area contributed by atoms with Gasteiger partial charge in [-0.1, -0.05) is 24.9 Å². The summed E-state index contributed by atoms with van der Waals surface area (Å²) < 4.78 is 5.56. The van der Waals surface area contributed by atoms with Crippen molar-refractivity contribution in [2.24, 2.45) is 0 Å². The number of carbonyl (C=O) groups excluding carboxylic acids is 1. The van der Waals surface area contributed by atoms with Crippen LogP contribution in [0.4, 0.5) is 0 Å². The van der Waals surface area contributed by atoms with Crippen molar-refractivity contribution in [3.63, 3.8) is 0 Å². The molecule has 3 nitrogen and oxygen atoms in total. The molecular formula is C14H17ClO3. The molecule has 1 aromatic rings. The van der Waals surface area contributed by atoms with Crippen LogP contribution in [0.3, 0.4) is 0 Å². The summed E-state index contributed by atoms with van der Waals surface area (Å²) in [5.74, 6) is 0.173. The Hall–Kier alpha value is -1.48. The van der Waals surface area contributed by atoms with Gasteiger partial charge in [-0.2, -0.15) is 0 Å². The van der Waals surface area contributed by atoms with Gasteiger partial charge < -0.3 is 9.84 Å². The minimum Gasteiger partial charge on any atom is -0.507 e. The van der Waals surface area contributed by atoms with E-state index < -0.39 is 0 Å². The second kappa shape index (κ2) is 7.07. The Morgan fingerprint density at radius 3 is 2.83 bits per heavy atom. The molecule has 0 saturated heterocycles. The van der Waals surface area contributed by atoms with Gasteiger partial charge in [0, 0.05) is 11.1 Å². The molecule has 0 aliphatic rings. The Morgan fingerprint density at radius 2 is 2.22 bits per heavy atom. The lowest BCUT2D eigenvalue weighted by molar-refractivity contribution is -0.112. The third kappa shape index (κ3) is 4.41. The Balaban J connectivity index is 2.99. The van der Waals surface area contributed by atoms with E-state index in [1.54, 1.807) is 18.2 Å². The second-order valence-corrected chi connectivity index (χ2v) is 4.42. The lowest BCUT2D eigenvalue weighted by atomic mass is 10.1. The van der Waals surface area contributed by atoms with Gasteiger partial charge in [0.15, 0.2) is 5.78 Å². The largest absolute Gasteiger partial charge is 0.507 e. The van der Waals surface area contributed by atoms with E-state index in [1.807, 2.05) is 0 Å². The van der Waals surface area contributed by atoms with Crippen molar-refractivity contribution in [2.45, 2.75) is 26.7 Å². The number of hydrogen-bond acceptors (Lipinski definition) is 3. The number of rotatable bonds is 6. The average Bonchev–Trinajstić information content (AvgIpc) is 2.30. The molecule has 18 heavy (non-hydrogen) atoms. The van der Waals surface area contributed by atoms with Crippen molar-refractivity contribution in [3.8, 4) is 5.75 Å². The summed E-state index contributed by atoms with van der Waals surface area (Å²) in [6, 6.07) is 4.96. The first-order chi connectivity index (χ1) is 8.54. The van der Waals surface area contributed by atoms with Crippen molar-refractivity contribution in [2.75, 3.05) is 6.61 Å². The Labute approximate surface area is 112 Å². The van der Waals surface area contributed by atoms with Crippen LogP contribution < -0.4 is 4.74 Å². The number of ketones is 1. The van der Waals surface area contributed by atoms with Crippen LogP contribution in [-0.2, 0) is 4.79 Å². The zero-order chi connectivity index (χ0) is 13.5. The lowest BCUT2D eigenvalue weighted by Crippen LogP contribution is -2.00. The van der Waals surface area contributed by atoms with Crippen LogP contribution in [0.1, 0.15) is 32.3 Å². The molecule has 0 atom stereocenters. The van der Waals surface area contributed by atoms with Crippen molar-refractivity contribution in [3.05, 3.63) is 34.9 Å². The van der Waals surface area contributed by atoms with E-state index in [1.165, 1.54) is 6.92 Å². The Morgan fingerprint density at radius 1 is 1.50 bits per heavy atom. The van der Waals surface area contributed by atoms with E-state index >= 15 is 0 Å². The van der Waals surface area contributed by atoms with Gasteiger partial charge >= 0.3 is 0 Å². The molecule has 0 radical (unpaired) electrons. The summed E-state index contributed by atoms with van der Waals surface area (Å²) in [6.07, 6.45) is 3.11. The molecule has 1 N–H and O–H groups in total. The molecule has 1 aromatic carbocycles.